The lowest BCUT2D eigenvalue weighted by molar-refractivity contribution is -0.180. The molecule has 4 rings (SSSR count). The Bertz CT molecular complexity index is 876. The van der Waals surface area contributed by atoms with Crippen LogP contribution in [-0.2, 0) is 20.1 Å². The molecule has 0 aromatic heterocycles. The Balaban J connectivity index is 1.52. The number of benzene rings is 2. The Morgan fingerprint density at radius 2 is 1.93 bits per heavy atom. The maximum absolute atomic E-state index is 13.2. The summed E-state index contributed by atoms with van der Waals surface area (Å²) in [6.07, 6.45) is 0.666. The van der Waals surface area contributed by atoms with Crippen molar-refractivity contribution >= 4 is 23.2 Å². The van der Waals surface area contributed by atoms with Crippen molar-refractivity contribution in [3.05, 3.63) is 58.1 Å². The standard InChI is InChI=1S/C21H22ClNO4/c1-14-12-15(2)19-16(13-14)21(26-10-11-27-21)20(24)23(19)8-5-9-25-18-7-4-3-6-17(18)22/h3-4,6-7,12-13H,5,8-11H2,1-2H3. The summed E-state index contributed by atoms with van der Waals surface area (Å²) in [5, 5.41) is 0.582. The van der Waals surface area contributed by atoms with Gasteiger partial charge in [-0.25, -0.2) is 0 Å². The number of ether oxygens (including phenoxy) is 3. The average molecular weight is 388 g/mol. The number of hydrogen-bond donors (Lipinski definition) is 0. The van der Waals surface area contributed by atoms with Crippen LogP contribution in [0.4, 0.5) is 5.69 Å². The van der Waals surface area contributed by atoms with Crippen molar-refractivity contribution in [2.45, 2.75) is 26.1 Å². The topological polar surface area (TPSA) is 48.0 Å². The number of halogens is 1. The van der Waals surface area contributed by atoms with E-state index >= 15 is 0 Å². The van der Waals surface area contributed by atoms with Crippen LogP contribution in [-0.4, -0.2) is 32.3 Å². The summed E-state index contributed by atoms with van der Waals surface area (Å²) < 4.78 is 17.4. The Kier molecular flexibility index (Phi) is 4.84. The molecule has 1 saturated heterocycles. The Labute approximate surface area is 163 Å². The number of amides is 1. The molecule has 0 radical (unpaired) electrons. The zero-order chi connectivity index (χ0) is 19.0. The second kappa shape index (κ2) is 7.15. The monoisotopic (exact) mass is 387 g/mol. The zero-order valence-electron chi connectivity index (χ0n) is 15.5. The first-order valence-corrected chi connectivity index (χ1v) is 9.49. The summed E-state index contributed by atoms with van der Waals surface area (Å²) in [5.41, 5.74) is 3.84. The molecule has 6 heteroatoms. The van der Waals surface area contributed by atoms with Crippen LogP contribution in [0.2, 0.25) is 5.02 Å². The van der Waals surface area contributed by atoms with E-state index in [2.05, 4.69) is 6.07 Å². The molecule has 1 amide bonds. The fourth-order valence-electron chi connectivity index (χ4n) is 3.83. The Morgan fingerprint density at radius 1 is 1.19 bits per heavy atom. The Hall–Kier alpha value is -2.08. The van der Waals surface area contributed by atoms with Gasteiger partial charge in [-0.05, 0) is 44.0 Å². The number of nitrogens with zero attached hydrogens (tertiary/aromatic N) is 1. The number of hydrogen-bond acceptors (Lipinski definition) is 4. The van der Waals surface area contributed by atoms with Crippen molar-refractivity contribution in [2.75, 3.05) is 31.3 Å². The van der Waals surface area contributed by atoms with E-state index in [-0.39, 0.29) is 5.91 Å². The SMILES string of the molecule is Cc1cc(C)c2c(c1)C1(OCCO1)C(=O)N2CCCOc1ccccc1Cl. The molecular weight excluding hydrogens is 366 g/mol. The number of rotatable bonds is 5. The summed E-state index contributed by atoms with van der Waals surface area (Å²) in [4.78, 5) is 15.0. The minimum absolute atomic E-state index is 0.151. The van der Waals surface area contributed by atoms with Crippen LogP contribution in [0.25, 0.3) is 0 Å². The maximum atomic E-state index is 13.2. The molecule has 0 saturated carbocycles. The molecule has 0 N–H and O–H groups in total. The molecule has 2 aromatic carbocycles. The third kappa shape index (κ3) is 3.10. The lowest BCUT2D eigenvalue weighted by Gasteiger charge is -2.22. The van der Waals surface area contributed by atoms with Gasteiger partial charge in [-0.1, -0.05) is 35.4 Å². The molecule has 2 heterocycles. The van der Waals surface area contributed by atoms with Crippen LogP contribution in [0.15, 0.2) is 36.4 Å². The van der Waals surface area contributed by atoms with Gasteiger partial charge in [0.1, 0.15) is 5.75 Å². The summed E-state index contributed by atoms with van der Waals surface area (Å²) in [6, 6.07) is 11.4. The molecule has 0 atom stereocenters. The summed E-state index contributed by atoms with van der Waals surface area (Å²) >= 11 is 6.12. The van der Waals surface area contributed by atoms with Gasteiger partial charge in [0, 0.05) is 12.1 Å². The fourth-order valence-corrected chi connectivity index (χ4v) is 4.03. The van der Waals surface area contributed by atoms with Gasteiger partial charge in [-0.3, -0.25) is 4.79 Å². The molecule has 2 aliphatic rings. The highest BCUT2D eigenvalue weighted by molar-refractivity contribution is 6.32. The van der Waals surface area contributed by atoms with Crippen LogP contribution >= 0.6 is 11.6 Å². The normalized spacial score (nSPS) is 17.6. The highest BCUT2D eigenvalue weighted by Crippen LogP contribution is 2.47. The lowest BCUT2D eigenvalue weighted by atomic mass is 10.0. The second-order valence-corrected chi connectivity index (χ2v) is 7.29. The van der Waals surface area contributed by atoms with E-state index in [0.717, 1.165) is 22.4 Å². The third-order valence-electron chi connectivity index (χ3n) is 4.91. The molecule has 142 valence electrons. The lowest BCUT2D eigenvalue weighted by Crippen LogP contribution is -2.41. The van der Waals surface area contributed by atoms with Crippen molar-refractivity contribution in [2.24, 2.45) is 0 Å². The first-order valence-electron chi connectivity index (χ1n) is 9.12. The molecule has 0 unspecified atom stereocenters. The minimum atomic E-state index is -1.28. The van der Waals surface area contributed by atoms with Gasteiger partial charge in [0.05, 0.1) is 30.5 Å². The summed E-state index contributed by atoms with van der Waals surface area (Å²) in [5.74, 6) is -0.783. The molecule has 5 nitrogen and oxygen atoms in total. The number of aryl methyl sites for hydroxylation is 2. The molecule has 0 aliphatic carbocycles. The van der Waals surface area contributed by atoms with E-state index in [1.165, 1.54) is 0 Å². The zero-order valence-corrected chi connectivity index (χ0v) is 16.2. The van der Waals surface area contributed by atoms with E-state index in [1.807, 2.05) is 38.1 Å². The quantitative estimate of drug-likeness (QED) is 0.728. The number of para-hydroxylation sites is 1. The largest absolute Gasteiger partial charge is 0.492 e. The molecule has 1 fully saturated rings. The van der Waals surface area contributed by atoms with Crippen LogP contribution in [0.1, 0.15) is 23.1 Å². The van der Waals surface area contributed by atoms with Gasteiger partial charge in [-0.2, -0.15) is 0 Å². The number of carbonyl (C=O) groups excluding carboxylic acids is 1. The summed E-state index contributed by atoms with van der Waals surface area (Å²) in [7, 11) is 0. The van der Waals surface area contributed by atoms with Crippen LogP contribution in [0, 0.1) is 13.8 Å². The average Bonchev–Trinajstić information content (AvgIpc) is 3.21. The maximum Gasteiger partial charge on any atom is 0.292 e. The molecule has 0 bridgehead atoms. The molecule has 1 spiro atoms. The van der Waals surface area contributed by atoms with Gasteiger partial charge >= 0.3 is 0 Å². The van der Waals surface area contributed by atoms with Crippen molar-refractivity contribution in [3.8, 4) is 5.75 Å². The van der Waals surface area contributed by atoms with Crippen molar-refractivity contribution in [1.82, 2.24) is 0 Å². The van der Waals surface area contributed by atoms with Gasteiger partial charge < -0.3 is 19.1 Å². The molecular formula is C21H22ClNO4. The highest BCUT2D eigenvalue weighted by Gasteiger charge is 2.56. The first-order chi connectivity index (χ1) is 13.0. The molecule has 27 heavy (non-hydrogen) atoms. The third-order valence-corrected chi connectivity index (χ3v) is 5.22. The van der Waals surface area contributed by atoms with E-state index < -0.39 is 5.79 Å². The summed E-state index contributed by atoms with van der Waals surface area (Å²) in [6.45, 7) is 5.85. The van der Waals surface area contributed by atoms with E-state index in [4.69, 9.17) is 25.8 Å². The van der Waals surface area contributed by atoms with Gasteiger partial charge in [0.15, 0.2) is 0 Å². The van der Waals surface area contributed by atoms with Gasteiger partial charge in [-0.15, -0.1) is 0 Å². The van der Waals surface area contributed by atoms with Crippen molar-refractivity contribution in [3.63, 3.8) is 0 Å². The predicted octanol–water partition coefficient (Wildman–Crippen LogP) is 3.97. The van der Waals surface area contributed by atoms with Crippen molar-refractivity contribution in [1.29, 1.82) is 0 Å². The first kappa shape index (κ1) is 18.3. The van der Waals surface area contributed by atoms with Crippen LogP contribution in [0.5, 0.6) is 5.75 Å². The van der Waals surface area contributed by atoms with E-state index in [1.54, 1.807) is 11.0 Å². The van der Waals surface area contributed by atoms with Crippen LogP contribution < -0.4 is 9.64 Å². The smallest absolute Gasteiger partial charge is 0.292 e. The second-order valence-electron chi connectivity index (χ2n) is 6.88. The Morgan fingerprint density at radius 3 is 2.67 bits per heavy atom. The van der Waals surface area contributed by atoms with Crippen LogP contribution in [0.3, 0.4) is 0 Å². The molecule has 2 aliphatic heterocycles. The highest BCUT2D eigenvalue weighted by atomic mass is 35.5. The number of anilines is 1. The van der Waals surface area contributed by atoms with E-state index in [0.29, 0.717) is 43.6 Å². The predicted molar refractivity (Wildman–Crippen MR) is 103 cm³/mol. The van der Waals surface area contributed by atoms with Gasteiger partial charge in [0.2, 0.25) is 0 Å². The van der Waals surface area contributed by atoms with E-state index in [9.17, 15) is 4.79 Å². The minimum Gasteiger partial charge on any atom is -0.492 e. The van der Waals surface area contributed by atoms with Crippen molar-refractivity contribution < 1.29 is 19.0 Å². The van der Waals surface area contributed by atoms with Gasteiger partial charge in [0.25, 0.3) is 11.7 Å². The molecule has 2 aromatic rings. The fraction of sp³-hybridized carbons (Fsp3) is 0.381. The number of fused-ring (bicyclic) bond motifs is 2. The number of carbonyl (C=O) groups is 1.